The van der Waals surface area contributed by atoms with Crippen LogP contribution in [0, 0.1) is 5.82 Å². The quantitative estimate of drug-likeness (QED) is 0.455. The molecule has 0 bridgehead atoms. The Kier molecular flexibility index (Phi) is 5.94. The van der Waals surface area contributed by atoms with Gasteiger partial charge < -0.3 is 14.8 Å². The Morgan fingerprint density at radius 2 is 1.94 bits per heavy atom. The van der Waals surface area contributed by atoms with Gasteiger partial charge in [-0.25, -0.2) is 13.9 Å². The number of thioether (sulfide) groups is 1. The van der Waals surface area contributed by atoms with Gasteiger partial charge in [0.1, 0.15) is 17.6 Å². The van der Waals surface area contributed by atoms with Crippen molar-refractivity contribution < 1.29 is 18.7 Å². The van der Waals surface area contributed by atoms with Gasteiger partial charge in [-0.1, -0.05) is 42.1 Å². The highest BCUT2D eigenvalue weighted by Gasteiger charge is 2.35. The third kappa shape index (κ3) is 4.13. The van der Waals surface area contributed by atoms with Gasteiger partial charge in [0.2, 0.25) is 11.1 Å². The number of rotatable bonds is 6. The zero-order chi connectivity index (χ0) is 22.0. The Morgan fingerprint density at radius 1 is 1.19 bits per heavy atom. The summed E-state index contributed by atoms with van der Waals surface area (Å²) in [4.78, 5) is 17.1. The van der Waals surface area contributed by atoms with Crippen LogP contribution in [0.3, 0.4) is 0 Å². The number of anilines is 1. The van der Waals surface area contributed by atoms with E-state index in [9.17, 15) is 9.18 Å². The molecule has 31 heavy (non-hydrogen) atoms. The van der Waals surface area contributed by atoms with Crippen LogP contribution in [0.4, 0.5) is 10.3 Å². The number of methoxy groups -OCH3 is 2. The zero-order valence-corrected chi connectivity index (χ0v) is 18.1. The lowest BCUT2D eigenvalue weighted by atomic mass is 9.96. The molecule has 160 valence electrons. The SMILES string of the molecule is COC(=O)C1=C(C)Nc2nc(SCc3ccccc3F)nn2C1c1ccc(OC)cc1. The maximum Gasteiger partial charge on any atom is 0.338 e. The van der Waals surface area contributed by atoms with E-state index < -0.39 is 12.0 Å². The number of carbonyl (C=O) groups excluding carboxylic acids is 1. The molecule has 0 saturated carbocycles. The van der Waals surface area contributed by atoms with Gasteiger partial charge in [-0.3, -0.25) is 0 Å². The van der Waals surface area contributed by atoms with Crippen LogP contribution in [-0.4, -0.2) is 35.0 Å². The predicted octanol–water partition coefficient (Wildman–Crippen LogP) is 4.18. The van der Waals surface area contributed by atoms with Crippen LogP contribution in [0.2, 0.25) is 0 Å². The molecule has 1 aliphatic rings. The van der Waals surface area contributed by atoms with Crippen molar-refractivity contribution in [2.24, 2.45) is 0 Å². The highest BCUT2D eigenvalue weighted by atomic mass is 32.2. The Labute approximate surface area is 183 Å². The molecule has 1 N–H and O–H groups in total. The van der Waals surface area contributed by atoms with Gasteiger partial charge in [0.25, 0.3) is 0 Å². The van der Waals surface area contributed by atoms with Crippen molar-refractivity contribution >= 4 is 23.7 Å². The molecule has 0 amide bonds. The average Bonchev–Trinajstić information content (AvgIpc) is 3.19. The molecule has 0 aliphatic carbocycles. The summed E-state index contributed by atoms with van der Waals surface area (Å²) < 4.78 is 25.9. The number of carbonyl (C=O) groups is 1. The Bertz CT molecular complexity index is 1140. The first kappa shape index (κ1) is 20.9. The van der Waals surface area contributed by atoms with Crippen LogP contribution in [0.5, 0.6) is 5.75 Å². The third-order valence-corrected chi connectivity index (χ3v) is 5.87. The van der Waals surface area contributed by atoms with E-state index in [-0.39, 0.29) is 5.82 Å². The molecule has 0 fully saturated rings. The average molecular weight is 441 g/mol. The second-order valence-corrected chi connectivity index (χ2v) is 7.82. The fourth-order valence-corrected chi connectivity index (χ4v) is 4.23. The number of esters is 1. The zero-order valence-electron chi connectivity index (χ0n) is 17.3. The molecule has 0 saturated heterocycles. The van der Waals surface area contributed by atoms with E-state index in [0.29, 0.717) is 39.4 Å². The van der Waals surface area contributed by atoms with Crippen molar-refractivity contribution in [3.8, 4) is 5.75 Å². The highest BCUT2D eigenvalue weighted by Crippen LogP contribution is 2.37. The predicted molar refractivity (Wildman–Crippen MR) is 115 cm³/mol. The molecule has 1 aromatic heterocycles. The topological polar surface area (TPSA) is 78.3 Å². The minimum Gasteiger partial charge on any atom is -0.497 e. The monoisotopic (exact) mass is 440 g/mol. The van der Waals surface area contributed by atoms with Crippen molar-refractivity contribution in [2.75, 3.05) is 19.5 Å². The number of allylic oxidation sites excluding steroid dienone is 1. The van der Waals surface area contributed by atoms with Crippen molar-refractivity contribution in [1.29, 1.82) is 0 Å². The molecule has 0 spiro atoms. The van der Waals surface area contributed by atoms with Crippen LogP contribution >= 0.6 is 11.8 Å². The lowest BCUT2D eigenvalue weighted by Crippen LogP contribution is -2.29. The highest BCUT2D eigenvalue weighted by molar-refractivity contribution is 7.98. The largest absolute Gasteiger partial charge is 0.497 e. The smallest absolute Gasteiger partial charge is 0.338 e. The van der Waals surface area contributed by atoms with Gasteiger partial charge in [0, 0.05) is 11.4 Å². The van der Waals surface area contributed by atoms with Gasteiger partial charge in [-0.15, -0.1) is 5.10 Å². The van der Waals surface area contributed by atoms with E-state index in [4.69, 9.17) is 9.47 Å². The van der Waals surface area contributed by atoms with E-state index >= 15 is 0 Å². The van der Waals surface area contributed by atoms with Gasteiger partial charge >= 0.3 is 5.97 Å². The Hall–Kier alpha value is -3.33. The first-order chi connectivity index (χ1) is 15.0. The molecule has 9 heteroatoms. The van der Waals surface area contributed by atoms with Gasteiger partial charge in [-0.2, -0.15) is 4.98 Å². The van der Waals surface area contributed by atoms with E-state index in [1.165, 1.54) is 24.9 Å². The number of nitrogens with one attached hydrogen (secondary N) is 1. The second-order valence-electron chi connectivity index (χ2n) is 6.87. The summed E-state index contributed by atoms with van der Waals surface area (Å²) in [6.45, 7) is 1.80. The number of halogens is 1. The maximum atomic E-state index is 14.0. The third-order valence-electron chi connectivity index (χ3n) is 4.98. The summed E-state index contributed by atoms with van der Waals surface area (Å²) in [5.41, 5.74) is 2.48. The number of ether oxygens (including phenoxy) is 2. The van der Waals surface area contributed by atoms with Gasteiger partial charge in [-0.05, 0) is 36.2 Å². The summed E-state index contributed by atoms with van der Waals surface area (Å²) in [5, 5.41) is 8.22. The van der Waals surface area contributed by atoms with Crippen LogP contribution in [-0.2, 0) is 15.3 Å². The molecular formula is C22H21FN4O3S. The molecule has 1 aliphatic heterocycles. The van der Waals surface area contributed by atoms with Crippen molar-refractivity contribution in [3.05, 3.63) is 76.7 Å². The number of fused-ring (bicyclic) bond motifs is 1. The standard InChI is InChI=1S/C22H21FN4O3S/c1-13-18(20(28)30-3)19(14-8-10-16(29-2)11-9-14)27-21(24-13)25-22(26-27)31-12-15-6-4-5-7-17(15)23/h4-11,19H,12H2,1-3H3,(H,24,25,26). The first-order valence-corrected chi connectivity index (χ1v) is 10.5. The normalized spacial score (nSPS) is 15.3. The minimum absolute atomic E-state index is 0.265. The minimum atomic E-state index is -0.523. The molecule has 2 aromatic carbocycles. The fourth-order valence-electron chi connectivity index (χ4n) is 3.42. The number of hydrogen-bond acceptors (Lipinski definition) is 7. The van der Waals surface area contributed by atoms with E-state index in [0.717, 1.165) is 5.56 Å². The van der Waals surface area contributed by atoms with Crippen LogP contribution in [0.1, 0.15) is 24.1 Å². The van der Waals surface area contributed by atoms with E-state index in [1.807, 2.05) is 24.3 Å². The number of nitrogens with zero attached hydrogens (tertiary/aromatic N) is 3. The molecule has 4 rings (SSSR count). The molecule has 2 heterocycles. The summed E-state index contributed by atoms with van der Waals surface area (Å²) >= 11 is 1.32. The first-order valence-electron chi connectivity index (χ1n) is 9.54. The summed E-state index contributed by atoms with van der Waals surface area (Å²) in [5.74, 6) is 0.880. The number of hydrogen-bond donors (Lipinski definition) is 1. The summed E-state index contributed by atoms with van der Waals surface area (Å²) in [7, 11) is 2.94. The molecule has 1 unspecified atom stereocenters. The van der Waals surface area contributed by atoms with Crippen molar-refractivity contribution in [1.82, 2.24) is 14.8 Å². The maximum absolute atomic E-state index is 14.0. The van der Waals surface area contributed by atoms with Crippen LogP contribution < -0.4 is 10.1 Å². The van der Waals surface area contributed by atoms with Crippen molar-refractivity contribution in [2.45, 2.75) is 23.9 Å². The summed E-state index contributed by atoms with van der Waals surface area (Å²) in [6.07, 6.45) is 0. The lowest BCUT2D eigenvalue weighted by Gasteiger charge is -2.27. The van der Waals surface area contributed by atoms with Gasteiger partial charge in [0.05, 0.1) is 19.8 Å². The van der Waals surface area contributed by atoms with E-state index in [1.54, 1.807) is 36.9 Å². The Morgan fingerprint density at radius 3 is 2.61 bits per heavy atom. The molecule has 3 aromatic rings. The number of benzene rings is 2. The molecule has 7 nitrogen and oxygen atoms in total. The second kappa shape index (κ2) is 8.81. The van der Waals surface area contributed by atoms with Gasteiger partial charge in [0.15, 0.2) is 0 Å². The summed E-state index contributed by atoms with van der Waals surface area (Å²) in [6, 6.07) is 13.5. The lowest BCUT2D eigenvalue weighted by molar-refractivity contribution is -0.136. The van der Waals surface area contributed by atoms with Crippen molar-refractivity contribution in [3.63, 3.8) is 0 Å². The number of aromatic nitrogens is 3. The van der Waals surface area contributed by atoms with Crippen LogP contribution in [0.15, 0.2) is 65.0 Å². The van der Waals surface area contributed by atoms with Crippen LogP contribution in [0.25, 0.3) is 0 Å². The molecule has 1 atom stereocenters. The van der Waals surface area contributed by atoms with E-state index in [2.05, 4.69) is 15.4 Å². The Balaban J connectivity index is 1.70. The molecular weight excluding hydrogens is 419 g/mol. The molecule has 0 radical (unpaired) electrons. The fraction of sp³-hybridized carbons (Fsp3) is 0.227.